The molecule has 4 nitrogen and oxygen atoms in total. The highest BCUT2D eigenvalue weighted by Gasteiger charge is 2.08. The molecule has 2 aromatic carbocycles. The first-order valence-electron chi connectivity index (χ1n) is 8.45. The number of carbonyl (C=O) groups is 1. The van der Waals surface area contributed by atoms with Gasteiger partial charge in [-0.25, -0.2) is 4.98 Å². The maximum atomic E-state index is 12.2. The molecule has 0 radical (unpaired) electrons. The lowest BCUT2D eigenvalue weighted by Gasteiger charge is -2.10. The Labute approximate surface area is 165 Å². The monoisotopic (exact) mass is 429 g/mol. The molecule has 1 amide bonds. The molecular formula is C20H20BrN3OS. The van der Waals surface area contributed by atoms with Gasteiger partial charge in [0.05, 0.1) is 6.54 Å². The number of halogens is 1. The van der Waals surface area contributed by atoms with E-state index in [1.807, 2.05) is 36.5 Å². The van der Waals surface area contributed by atoms with Crippen molar-refractivity contribution >= 4 is 44.0 Å². The number of nitrogens with one attached hydrogen (secondary N) is 2. The van der Waals surface area contributed by atoms with Crippen molar-refractivity contribution in [2.75, 3.05) is 17.2 Å². The first kappa shape index (κ1) is 18.6. The van der Waals surface area contributed by atoms with Crippen molar-refractivity contribution in [1.82, 2.24) is 4.98 Å². The zero-order valence-electron chi connectivity index (χ0n) is 14.5. The summed E-state index contributed by atoms with van der Waals surface area (Å²) in [6, 6.07) is 16.2. The number of aromatic nitrogens is 1. The Morgan fingerprint density at radius 3 is 2.85 bits per heavy atom. The van der Waals surface area contributed by atoms with E-state index >= 15 is 0 Å². The molecule has 0 bridgehead atoms. The third-order valence-corrected chi connectivity index (χ3v) is 5.31. The molecule has 0 spiro atoms. The Hall–Kier alpha value is -2.18. The van der Waals surface area contributed by atoms with Crippen molar-refractivity contribution in [2.45, 2.75) is 19.8 Å². The number of nitrogens with zero attached hydrogens (tertiary/aromatic N) is 1. The van der Waals surface area contributed by atoms with E-state index in [2.05, 4.69) is 56.7 Å². The predicted molar refractivity (Wildman–Crippen MR) is 112 cm³/mol. The van der Waals surface area contributed by atoms with Gasteiger partial charge in [0.25, 0.3) is 0 Å². The minimum atomic E-state index is -0.0979. The number of rotatable bonds is 7. The second kappa shape index (κ2) is 8.96. The molecule has 3 rings (SSSR count). The van der Waals surface area contributed by atoms with Gasteiger partial charge in [0.2, 0.25) is 5.91 Å². The Balaban J connectivity index is 1.54. The molecule has 0 fully saturated rings. The number of aryl methyl sites for hydroxylation is 1. The Bertz CT molecular complexity index is 894. The number of anilines is 2. The number of thiazole rings is 1. The topological polar surface area (TPSA) is 54.0 Å². The van der Waals surface area contributed by atoms with E-state index in [-0.39, 0.29) is 12.5 Å². The van der Waals surface area contributed by atoms with Crippen molar-refractivity contribution < 1.29 is 4.79 Å². The van der Waals surface area contributed by atoms with Gasteiger partial charge in [-0.2, -0.15) is 0 Å². The van der Waals surface area contributed by atoms with E-state index in [1.54, 1.807) is 0 Å². The molecule has 0 aliphatic heterocycles. The van der Waals surface area contributed by atoms with Crippen LogP contribution in [-0.4, -0.2) is 17.4 Å². The maximum Gasteiger partial charge on any atom is 0.245 e. The van der Waals surface area contributed by atoms with Crippen LogP contribution in [0, 0.1) is 0 Å². The third kappa shape index (κ3) is 5.16. The van der Waals surface area contributed by atoms with E-state index < -0.39 is 0 Å². The molecule has 0 saturated heterocycles. The molecule has 6 heteroatoms. The molecule has 26 heavy (non-hydrogen) atoms. The maximum absolute atomic E-state index is 12.2. The first-order chi connectivity index (χ1) is 12.6. The van der Waals surface area contributed by atoms with Gasteiger partial charge in [0.1, 0.15) is 0 Å². The van der Waals surface area contributed by atoms with Crippen LogP contribution in [0.5, 0.6) is 0 Å². The van der Waals surface area contributed by atoms with Gasteiger partial charge in [-0.05, 0) is 35.7 Å². The second-order valence-corrected chi connectivity index (χ2v) is 7.88. The van der Waals surface area contributed by atoms with Crippen LogP contribution in [0.2, 0.25) is 0 Å². The number of hydrogen-bond acceptors (Lipinski definition) is 4. The Morgan fingerprint density at radius 2 is 2.04 bits per heavy atom. The fourth-order valence-corrected chi connectivity index (χ4v) is 3.94. The van der Waals surface area contributed by atoms with Crippen molar-refractivity contribution in [2.24, 2.45) is 0 Å². The number of benzene rings is 2. The van der Waals surface area contributed by atoms with Gasteiger partial charge in [0, 0.05) is 27.7 Å². The highest BCUT2D eigenvalue weighted by molar-refractivity contribution is 9.10. The summed E-state index contributed by atoms with van der Waals surface area (Å²) in [4.78, 5) is 17.6. The summed E-state index contributed by atoms with van der Waals surface area (Å²) < 4.78 is 1.06. The van der Waals surface area contributed by atoms with Crippen LogP contribution in [0.15, 0.2) is 59.2 Å². The highest BCUT2D eigenvalue weighted by atomic mass is 79.9. The molecule has 0 unspecified atom stereocenters. The number of amides is 1. The SMILES string of the molecule is CCc1ccccc1NCC(=O)Nc1ncc(Cc2cccc(Br)c2)s1. The molecule has 1 heterocycles. The summed E-state index contributed by atoms with van der Waals surface area (Å²) in [7, 11) is 0. The van der Waals surface area contributed by atoms with Crippen molar-refractivity contribution in [3.05, 3.63) is 75.2 Å². The summed E-state index contributed by atoms with van der Waals surface area (Å²) in [6.45, 7) is 2.32. The minimum Gasteiger partial charge on any atom is -0.376 e. The molecule has 0 saturated carbocycles. The lowest BCUT2D eigenvalue weighted by atomic mass is 10.1. The van der Waals surface area contributed by atoms with E-state index in [4.69, 9.17) is 0 Å². The van der Waals surface area contributed by atoms with Gasteiger partial charge in [0.15, 0.2) is 5.13 Å². The molecule has 134 valence electrons. The second-order valence-electron chi connectivity index (χ2n) is 5.85. The standard InChI is InChI=1S/C20H20BrN3OS/c1-2-15-7-3-4-9-18(15)22-13-19(25)24-20-23-12-17(26-20)11-14-6-5-8-16(21)10-14/h3-10,12,22H,2,11,13H2,1H3,(H,23,24,25). The predicted octanol–water partition coefficient (Wildman–Crippen LogP) is 5.11. The van der Waals surface area contributed by atoms with E-state index in [0.29, 0.717) is 5.13 Å². The van der Waals surface area contributed by atoms with Crippen LogP contribution in [0.1, 0.15) is 22.9 Å². The molecule has 0 atom stereocenters. The summed E-state index contributed by atoms with van der Waals surface area (Å²) in [5.74, 6) is -0.0979. The first-order valence-corrected chi connectivity index (χ1v) is 10.1. The molecule has 0 aliphatic rings. The smallest absolute Gasteiger partial charge is 0.245 e. The summed E-state index contributed by atoms with van der Waals surface area (Å²) in [6.07, 6.45) is 3.55. The van der Waals surface area contributed by atoms with Crippen LogP contribution in [0.3, 0.4) is 0 Å². The van der Waals surface area contributed by atoms with Crippen LogP contribution < -0.4 is 10.6 Å². The van der Waals surface area contributed by atoms with Gasteiger partial charge < -0.3 is 10.6 Å². The van der Waals surface area contributed by atoms with Crippen molar-refractivity contribution in [3.63, 3.8) is 0 Å². The largest absolute Gasteiger partial charge is 0.376 e. The normalized spacial score (nSPS) is 10.5. The number of hydrogen-bond donors (Lipinski definition) is 2. The van der Waals surface area contributed by atoms with Gasteiger partial charge in [-0.1, -0.05) is 53.2 Å². The zero-order valence-corrected chi connectivity index (χ0v) is 16.9. The molecule has 0 aliphatic carbocycles. The summed E-state index contributed by atoms with van der Waals surface area (Å²) in [5, 5.41) is 6.69. The van der Waals surface area contributed by atoms with Crippen LogP contribution in [0.25, 0.3) is 0 Å². The van der Waals surface area contributed by atoms with Gasteiger partial charge in [-0.3, -0.25) is 4.79 Å². The van der Waals surface area contributed by atoms with Gasteiger partial charge >= 0.3 is 0 Å². The summed E-state index contributed by atoms with van der Waals surface area (Å²) in [5.41, 5.74) is 3.41. The molecule has 3 aromatic rings. The molecular weight excluding hydrogens is 410 g/mol. The van der Waals surface area contributed by atoms with Crippen LogP contribution in [-0.2, 0) is 17.6 Å². The highest BCUT2D eigenvalue weighted by Crippen LogP contribution is 2.22. The fraction of sp³-hybridized carbons (Fsp3) is 0.200. The Morgan fingerprint density at radius 1 is 1.19 bits per heavy atom. The van der Waals surface area contributed by atoms with E-state index in [0.717, 1.165) is 27.9 Å². The van der Waals surface area contributed by atoms with Gasteiger partial charge in [-0.15, -0.1) is 11.3 Å². The third-order valence-electron chi connectivity index (χ3n) is 3.90. The van der Waals surface area contributed by atoms with E-state index in [1.165, 1.54) is 22.5 Å². The minimum absolute atomic E-state index is 0.0979. The van der Waals surface area contributed by atoms with Crippen LogP contribution in [0.4, 0.5) is 10.8 Å². The quantitative estimate of drug-likeness (QED) is 0.548. The summed E-state index contributed by atoms with van der Waals surface area (Å²) >= 11 is 4.99. The lowest BCUT2D eigenvalue weighted by molar-refractivity contribution is -0.114. The lowest BCUT2D eigenvalue weighted by Crippen LogP contribution is -2.22. The number of para-hydroxylation sites is 1. The van der Waals surface area contributed by atoms with E-state index in [9.17, 15) is 4.79 Å². The zero-order chi connectivity index (χ0) is 18.4. The van der Waals surface area contributed by atoms with Crippen molar-refractivity contribution in [3.8, 4) is 0 Å². The number of carbonyl (C=O) groups excluding carboxylic acids is 1. The fourth-order valence-electron chi connectivity index (χ4n) is 2.64. The average Bonchev–Trinajstić information content (AvgIpc) is 3.07. The average molecular weight is 430 g/mol. The molecule has 1 aromatic heterocycles. The Kier molecular flexibility index (Phi) is 6.41. The van der Waals surface area contributed by atoms with Crippen LogP contribution >= 0.6 is 27.3 Å². The molecule has 2 N–H and O–H groups in total. The van der Waals surface area contributed by atoms with Crippen molar-refractivity contribution in [1.29, 1.82) is 0 Å².